The molecule has 0 aromatic carbocycles. The highest BCUT2D eigenvalue weighted by molar-refractivity contribution is 5.91. The van der Waals surface area contributed by atoms with Gasteiger partial charge in [0.2, 0.25) is 0 Å². The van der Waals surface area contributed by atoms with Crippen molar-refractivity contribution in [2.75, 3.05) is 20.2 Å². The van der Waals surface area contributed by atoms with Crippen molar-refractivity contribution in [1.82, 2.24) is 34.4 Å². The normalized spacial score (nSPS) is 15.1. The van der Waals surface area contributed by atoms with Crippen molar-refractivity contribution >= 4 is 5.91 Å². The van der Waals surface area contributed by atoms with Crippen molar-refractivity contribution in [3.05, 3.63) is 42.2 Å². The van der Waals surface area contributed by atoms with Crippen LogP contribution >= 0.6 is 0 Å². The largest absolute Gasteiger partial charge is 0.468 e. The van der Waals surface area contributed by atoms with E-state index >= 15 is 0 Å². The minimum atomic E-state index is -0.106. The molecule has 0 radical (unpaired) electrons. The number of methoxy groups -OCH3 is 1. The Hall–Kier alpha value is -3.17. The van der Waals surface area contributed by atoms with E-state index in [2.05, 4.69) is 31.8 Å². The average molecular weight is 385 g/mol. The summed E-state index contributed by atoms with van der Waals surface area (Å²) in [6.45, 7) is 4.72. The van der Waals surface area contributed by atoms with Gasteiger partial charge in [0.1, 0.15) is 25.0 Å². The Morgan fingerprint density at radius 2 is 2.11 bits per heavy atom. The molecule has 3 aromatic heterocycles. The molecule has 3 aromatic rings. The first kappa shape index (κ1) is 18.2. The molecular weight excluding hydrogens is 362 g/mol. The van der Waals surface area contributed by atoms with Gasteiger partial charge >= 0.3 is 0 Å². The number of hydrogen-bond donors (Lipinski definition) is 0. The van der Waals surface area contributed by atoms with Gasteiger partial charge in [0, 0.05) is 31.6 Å². The monoisotopic (exact) mass is 385 g/mol. The maximum absolute atomic E-state index is 12.6. The molecule has 0 spiro atoms. The van der Waals surface area contributed by atoms with Crippen LogP contribution in [0.4, 0.5) is 0 Å². The molecule has 0 unspecified atom stereocenters. The van der Waals surface area contributed by atoms with Crippen molar-refractivity contribution in [2.45, 2.75) is 38.8 Å². The lowest BCUT2D eigenvalue weighted by Gasteiger charge is -2.31. The standard InChI is InChI=1S/C18H23N7O3/c1-3-25-15(10-24-12-19-11-20-24)21-22-17(25)13-6-8-23(9-7-13)18(26)14-4-5-16(27-2)28-14/h4-5,11-13H,3,6-10H2,1-2H3. The SMILES string of the molecule is CCn1c(Cn2cncn2)nnc1C1CCN(C(=O)c2ccc(OC)o2)CC1. The second-order valence-electron chi connectivity index (χ2n) is 6.70. The molecule has 0 aliphatic carbocycles. The molecule has 1 amide bonds. The molecule has 10 heteroatoms. The number of hydrogen-bond acceptors (Lipinski definition) is 7. The van der Waals surface area contributed by atoms with E-state index in [1.165, 1.54) is 13.4 Å². The van der Waals surface area contributed by atoms with Gasteiger partial charge in [0.15, 0.2) is 11.6 Å². The van der Waals surface area contributed by atoms with Crippen LogP contribution in [0, 0.1) is 0 Å². The Bertz CT molecular complexity index is 923. The van der Waals surface area contributed by atoms with Crippen molar-refractivity contribution < 1.29 is 13.9 Å². The minimum Gasteiger partial charge on any atom is -0.468 e. The summed E-state index contributed by atoms with van der Waals surface area (Å²) in [6, 6.07) is 3.30. The lowest BCUT2D eigenvalue weighted by molar-refractivity contribution is 0.0672. The topological polar surface area (TPSA) is 104 Å². The second kappa shape index (κ2) is 7.83. The number of nitrogens with zero attached hydrogens (tertiary/aromatic N) is 7. The number of likely N-dealkylation sites (tertiary alicyclic amines) is 1. The summed E-state index contributed by atoms with van der Waals surface area (Å²) in [6.07, 6.45) is 4.85. The van der Waals surface area contributed by atoms with Crippen molar-refractivity contribution in [2.24, 2.45) is 0 Å². The number of furan rings is 1. The summed E-state index contributed by atoms with van der Waals surface area (Å²) in [7, 11) is 1.51. The lowest BCUT2D eigenvalue weighted by atomic mass is 9.95. The maximum Gasteiger partial charge on any atom is 0.289 e. The van der Waals surface area contributed by atoms with E-state index in [0.29, 0.717) is 31.3 Å². The molecule has 0 saturated carbocycles. The maximum atomic E-state index is 12.6. The minimum absolute atomic E-state index is 0.106. The van der Waals surface area contributed by atoms with Gasteiger partial charge in [-0.3, -0.25) is 4.79 Å². The molecule has 4 rings (SSSR count). The fraction of sp³-hybridized carbons (Fsp3) is 0.500. The number of rotatable bonds is 6. The molecule has 28 heavy (non-hydrogen) atoms. The van der Waals surface area contributed by atoms with Gasteiger partial charge in [0.25, 0.3) is 11.9 Å². The first-order valence-corrected chi connectivity index (χ1v) is 9.37. The number of carbonyl (C=O) groups is 1. The molecule has 148 valence electrons. The van der Waals surface area contributed by atoms with Crippen LogP contribution in [0.1, 0.15) is 47.9 Å². The van der Waals surface area contributed by atoms with Crippen LogP contribution in [0.2, 0.25) is 0 Å². The highest BCUT2D eigenvalue weighted by Gasteiger charge is 2.29. The van der Waals surface area contributed by atoms with Crippen LogP contribution in [-0.4, -0.2) is 60.5 Å². The van der Waals surface area contributed by atoms with E-state index in [1.807, 2.05) is 4.90 Å². The second-order valence-corrected chi connectivity index (χ2v) is 6.70. The fourth-order valence-electron chi connectivity index (χ4n) is 3.61. The van der Waals surface area contributed by atoms with Gasteiger partial charge < -0.3 is 18.6 Å². The highest BCUT2D eigenvalue weighted by Crippen LogP contribution is 2.28. The Morgan fingerprint density at radius 1 is 1.29 bits per heavy atom. The average Bonchev–Trinajstić information content (AvgIpc) is 3.48. The zero-order valence-corrected chi connectivity index (χ0v) is 16.0. The molecule has 1 fully saturated rings. The molecule has 10 nitrogen and oxygen atoms in total. The lowest BCUT2D eigenvalue weighted by Crippen LogP contribution is -2.38. The van der Waals surface area contributed by atoms with E-state index in [4.69, 9.17) is 9.15 Å². The van der Waals surface area contributed by atoms with Gasteiger partial charge in [-0.2, -0.15) is 5.10 Å². The first-order chi connectivity index (χ1) is 13.7. The predicted molar refractivity (Wildman–Crippen MR) is 98.0 cm³/mol. The number of amides is 1. The predicted octanol–water partition coefficient (Wildman–Crippen LogP) is 1.56. The summed E-state index contributed by atoms with van der Waals surface area (Å²) in [5.41, 5.74) is 0. The molecule has 0 atom stereocenters. The van der Waals surface area contributed by atoms with E-state index < -0.39 is 0 Å². The van der Waals surface area contributed by atoms with Gasteiger partial charge in [0.05, 0.1) is 7.11 Å². The van der Waals surface area contributed by atoms with Crippen LogP contribution in [-0.2, 0) is 13.1 Å². The third kappa shape index (κ3) is 3.49. The van der Waals surface area contributed by atoms with Crippen LogP contribution < -0.4 is 4.74 Å². The quantitative estimate of drug-likeness (QED) is 0.634. The third-order valence-corrected chi connectivity index (χ3v) is 5.08. The van der Waals surface area contributed by atoms with Crippen LogP contribution in [0.3, 0.4) is 0 Å². The first-order valence-electron chi connectivity index (χ1n) is 9.37. The molecular formula is C18H23N7O3. The van der Waals surface area contributed by atoms with Gasteiger partial charge in [-0.1, -0.05) is 0 Å². The number of carbonyl (C=O) groups excluding carboxylic acids is 1. The summed E-state index contributed by atoms with van der Waals surface area (Å²) in [5, 5.41) is 12.9. The van der Waals surface area contributed by atoms with Crippen LogP contribution in [0.15, 0.2) is 29.2 Å². The summed E-state index contributed by atoms with van der Waals surface area (Å²) >= 11 is 0. The fourth-order valence-corrected chi connectivity index (χ4v) is 3.61. The molecule has 1 aliphatic rings. The summed E-state index contributed by atoms with van der Waals surface area (Å²) < 4.78 is 14.3. The van der Waals surface area contributed by atoms with Crippen LogP contribution in [0.25, 0.3) is 0 Å². The van der Waals surface area contributed by atoms with Crippen LogP contribution in [0.5, 0.6) is 5.95 Å². The van der Waals surface area contributed by atoms with Gasteiger partial charge in [-0.25, -0.2) is 9.67 Å². The molecule has 4 heterocycles. The van der Waals surface area contributed by atoms with Crippen molar-refractivity contribution in [1.29, 1.82) is 0 Å². The highest BCUT2D eigenvalue weighted by atomic mass is 16.6. The number of ether oxygens (including phenoxy) is 1. The van der Waals surface area contributed by atoms with Crippen molar-refractivity contribution in [3.63, 3.8) is 0 Å². The Labute approximate surface area is 162 Å². The number of piperidine rings is 1. The smallest absolute Gasteiger partial charge is 0.289 e. The van der Waals surface area contributed by atoms with Crippen molar-refractivity contribution in [3.8, 4) is 5.95 Å². The van der Waals surface area contributed by atoms with Gasteiger partial charge in [-0.15, -0.1) is 10.2 Å². The third-order valence-electron chi connectivity index (χ3n) is 5.08. The zero-order chi connectivity index (χ0) is 19.5. The number of aromatic nitrogens is 6. The molecule has 0 bridgehead atoms. The van der Waals surface area contributed by atoms with E-state index in [-0.39, 0.29) is 11.8 Å². The zero-order valence-electron chi connectivity index (χ0n) is 16.0. The van der Waals surface area contributed by atoms with Gasteiger partial charge in [-0.05, 0) is 25.8 Å². The molecule has 1 saturated heterocycles. The summed E-state index contributed by atoms with van der Waals surface area (Å²) in [4.78, 5) is 18.4. The van der Waals surface area contributed by atoms with E-state index in [1.54, 1.807) is 23.1 Å². The van der Waals surface area contributed by atoms with E-state index in [9.17, 15) is 4.79 Å². The van der Waals surface area contributed by atoms with E-state index in [0.717, 1.165) is 31.0 Å². The molecule has 1 aliphatic heterocycles. The molecule has 0 N–H and O–H groups in total. The Morgan fingerprint density at radius 3 is 2.75 bits per heavy atom. The summed E-state index contributed by atoms with van der Waals surface area (Å²) in [5.74, 6) is 2.66. The Balaban J connectivity index is 1.42. The Kier molecular flexibility index (Phi) is 5.09.